The van der Waals surface area contributed by atoms with E-state index in [0.29, 0.717) is 0 Å². The summed E-state index contributed by atoms with van der Waals surface area (Å²) in [4.78, 5) is 5.57. The molecule has 0 saturated heterocycles. The molecular weight excluding hydrogens is 180 g/mol. The second-order valence-electron chi connectivity index (χ2n) is 3.13. The first kappa shape index (κ1) is 8.51. The quantitative estimate of drug-likeness (QED) is 0.577. The van der Waals surface area contributed by atoms with Crippen molar-refractivity contribution in [1.82, 2.24) is 4.31 Å². The lowest BCUT2D eigenvalue weighted by Gasteiger charge is -2.23. The highest BCUT2D eigenvalue weighted by Gasteiger charge is 2.11. The van der Waals surface area contributed by atoms with Crippen LogP contribution in [0.25, 0.3) is 0 Å². The topological polar surface area (TPSA) is 15.6 Å². The summed E-state index contributed by atoms with van der Waals surface area (Å²) >= 11 is 0. The van der Waals surface area contributed by atoms with E-state index in [0.717, 1.165) is 5.69 Å². The Morgan fingerprint density at radius 1 is 1.46 bits per heavy atom. The average molecular weight is 192 g/mol. The molecule has 1 aliphatic heterocycles. The molecular formula is C10H12N2S. The number of fused-ring (bicyclic) bond motifs is 1. The van der Waals surface area contributed by atoms with E-state index in [-0.39, 0.29) is 10.7 Å². The van der Waals surface area contributed by atoms with Crippen LogP contribution < -0.4 is 0 Å². The molecule has 1 heterocycles. The van der Waals surface area contributed by atoms with Crippen molar-refractivity contribution in [2.24, 2.45) is 4.99 Å². The largest absolute Gasteiger partial charge is 0.312 e. The second kappa shape index (κ2) is 3.00. The molecule has 13 heavy (non-hydrogen) atoms. The molecule has 0 spiro atoms. The van der Waals surface area contributed by atoms with Crippen LogP contribution in [0, 0.1) is 6.92 Å². The van der Waals surface area contributed by atoms with Crippen LogP contribution in [-0.4, -0.2) is 23.6 Å². The maximum Gasteiger partial charge on any atom is 0.101 e. The first-order chi connectivity index (χ1) is 6.18. The number of hydrogen-bond donors (Lipinski definition) is 0. The van der Waals surface area contributed by atoms with Gasteiger partial charge in [-0.2, -0.15) is 0 Å². The predicted molar refractivity (Wildman–Crippen MR) is 60.1 cm³/mol. The van der Waals surface area contributed by atoms with Gasteiger partial charge >= 0.3 is 0 Å². The van der Waals surface area contributed by atoms with Gasteiger partial charge in [-0.15, -0.1) is 0 Å². The van der Waals surface area contributed by atoms with Gasteiger partial charge < -0.3 is 4.31 Å². The van der Waals surface area contributed by atoms with Crippen LogP contribution in [0.3, 0.4) is 0 Å². The van der Waals surface area contributed by atoms with E-state index in [1.807, 2.05) is 17.7 Å². The summed E-state index contributed by atoms with van der Waals surface area (Å²) in [7, 11) is 1.92. The van der Waals surface area contributed by atoms with Crippen LogP contribution >= 0.6 is 10.7 Å². The van der Waals surface area contributed by atoms with E-state index in [1.165, 1.54) is 10.5 Å². The second-order valence-corrected chi connectivity index (χ2v) is 4.87. The highest BCUT2D eigenvalue weighted by molar-refractivity contribution is 8.12. The van der Waals surface area contributed by atoms with Crippen LogP contribution in [0.4, 0.5) is 5.69 Å². The highest BCUT2D eigenvalue weighted by atomic mass is 32.2. The van der Waals surface area contributed by atoms with Gasteiger partial charge in [0.2, 0.25) is 0 Å². The van der Waals surface area contributed by atoms with Gasteiger partial charge in [-0.3, -0.25) is 0 Å². The van der Waals surface area contributed by atoms with Crippen molar-refractivity contribution in [3.63, 3.8) is 0 Å². The number of aryl methyl sites for hydroxylation is 1. The van der Waals surface area contributed by atoms with Gasteiger partial charge in [0, 0.05) is 11.9 Å². The molecule has 1 aliphatic rings. The van der Waals surface area contributed by atoms with Crippen molar-refractivity contribution in [3.8, 4) is 0 Å². The van der Waals surface area contributed by atoms with Gasteiger partial charge in [-0.1, -0.05) is 22.6 Å². The lowest BCUT2D eigenvalue weighted by molar-refractivity contribution is 0.857. The molecule has 0 amide bonds. The molecule has 0 N–H and O–H groups in total. The number of aliphatic imine (C=N–C) groups is 1. The van der Waals surface area contributed by atoms with Crippen molar-refractivity contribution >= 4 is 28.6 Å². The maximum absolute atomic E-state index is 4.33. The Hall–Kier alpha value is -1.09. The molecule has 1 atom stereocenters. The molecule has 68 valence electrons. The minimum atomic E-state index is -0.0861. The molecule has 0 saturated carbocycles. The number of nitrogens with zero attached hydrogens (tertiary/aromatic N) is 2. The summed E-state index contributed by atoms with van der Waals surface area (Å²) in [6.07, 6.45) is 1.84. The smallest absolute Gasteiger partial charge is 0.101 e. The molecule has 0 aromatic heterocycles. The fraction of sp³-hybridized carbons (Fsp3) is 0.200. The number of benzene rings is 1. The summed E-state index contributed by atoms with van der Waals surface area (Å²) in [6, 6.07) is 6.30. The van der Waals surface area contributed by atoms with Crippen molar-refractivity contribution < 1.29 is 0 Å². The Labute approximate surface area is 81.0 Å². The van der Waals surface area contributed by atoms with E-state index >= 15 is 0 Å². The predicted octanol–water partition coefficient (Wildman–Crippen LogP) is 2.58. The summed E-state index contributed by atoms with van der Waals surface area (Å²) in [5.74, 6) is 4.12. The van der Waals surface area contributed by atoms with Crippen LogP contribution in [0.15, 0.2) is 28.1 Å². The lowest BCUT2D eigenvalue weighted by Crippen LogP contribution is -2.11. The van der Waals surface area contributed by atoms with E-state index in [1.54, 1.807) is 0 Å². The van der Waals surface area contributed by atoms with E-state index < -0.39 is 0 Å². The molecule has 1 aromatic carbocycles. The van der Waals surface area contributed by atoms with Crippen LogP contribution in [0.2, 0.25) is 0 Å². The van der Waals surface area contributed by atoms with Gasteiger partial charge in [-0.25, -0.2) is 4.99 Å². The zero-order valence-corrected chi connectivity index (χ0v) is 8.64. The summed E-state index contributed by atoms with van der Waals surface area (Å²) in [6.45, 7) is 2.09. The lowest BCUT2D eigenvalue weighted by atomic mass is 10.2. The van der Waals surface area contributed by atoms with Crippen LogP contribution in [-0.2, 0) is 0 Å². The molecule has 3 heteroatoms. The molecule has 1 unspecified atom stereocenters. The molecule has 0 bridgehead atoms. The SMILES string of the molecule is C=S1c2cc(C)ccc2N=CN1C. The highest BCUT2D eigenvalue weighted by Crippen LogP contribution is 2.38. The van der Waals surface area contributed by atoms with Crippen molar-refractivity contribution in [2.75, 3.05) is 7.05 Å². The standard InChI is InChI=1S/C10H12N2S/c1-8-4-5-9-10(6-8)13(3)12(2)7-11-9/h4-7H,3H2,1-2H3. The molecule has 0 fully saturated rings. The molecule has 0 radical (unpaired) electrons. The van der Waals surface area contributed by atoms with E-state index in [2.05, 4.69) is 36.0 Å². The van der Waals surface area contributed by atoms with Gasteiger partial charge in [0.1, 0.15) is 6.34 Å². The summed E-state index contributed by atoms with van der Waals surface area (Å²) < 4.78 is 2.04. The third kappa shape index (κ3) is 1.40. The zero-order chi connectivity index (χ0) is 9.42. The zero-order valence-electron chi connectivity index (χ0n) is 7.82. The van der Waals surface area contributed by atoms with Gasteiger partial charge in [-0.05, 0) is 24.6 Å². The van der Waals surface area contributed by atoms with Crippen molar-refractivity contribution in [1.29, 1.82) is 0 Å². The Morgan fingerprint density at radius 3 is 3.00 bits per heavy atom. The van der Waals surface area contributed by atoms with Gasteiger partial charge in [0.15, 0.2) is 0 Å². The van der Waals surface area contributed by atoms with Crippen molar-refractivity contribution in [2.45, 2.75) is 11.8 Å². The van der Waals surface area contributed by atoms with Gasteiger partial charge in [0.05, 0.1) is 5.69 Å². The fourth-order valence-corrected chi connectivity index (χ4v) is 2.43. The number of rotatable bonds is 0. The molecule has 0 aliphatic carbocycles. The average Bonchev–Trinajstić information content (AvgIpc) is 2.12. The Morgan fingerprint density at radius 2 is 2.23 bits per heavy atom. The molecule has 2 rings (SSSR count). The Bertz CT molecular complexity index is 396. The normalized spacial score (nSPS) is 20.2. The van der Waals surface area contributed by atoms with Crippen molar-refractivity contribution in [3.05, 3.63) is 23.8 Å². The maximum atomic E-state index is 4.33. The van der Waals surface area contributed by atoms with Crippen LogP contribution in [0.1, 0.15) is 5.56 Å². The fourth-order valence-electron chi connectivity index (χ4n) is 1.27. The molecule has 2 nitrogen and oxygen atoms in total. The first-order valence-corrected chi connectivity index (χ1v) is 5.45. The van der Waals surface area contributed by atoms with Crippen LogP contribution in [0.5, 0.6) is 0 Å². The first-order valence-electron chi connectivity index (χ1n) is 4.10. The number of hydrogen-bond acceptors (Lipinski definition) is 2. The third-order valence-electron chi connectivity index (χ3n) is 2.08. The minimum Gasteiger partial charge on any atom is -0.312 e. The monoisotopic (exact) mass is 192 g/mol. The Kier molecular flexibility index (Phi) is 1.96. The summed E-state index contributed by atoms with van der Waals surface area (Å²) in [5.41, 5.74) is 2.33. The minimum absolute atomic E-state index is 0.0861. The van der Waals surface area contributed by atoms with Gasteiger partial charge in [0.25, 0.3) is 0 Å². The third-order valence-corrected chi connectivity index (χ3v) is 3.70. The van der Waals surface area contributed by atoms with E-state index in [4.69, 9.17) is 0 Å². The summed E-state index contributed by atoms with van der Waals surface area (Å²) in [5, 5.41) is 0. The molecule has 1 aromatic rings. The van der Waals surface area contributed by atoms with E-state index in [9.17, 15) is 0 Å². The Balaban J connectivity index is 2.60.